The van der Waals surface area contributed by atoms with E-state index in [1.807, 2.05) is 62.4 Å². The second kappa shape index (κ2) is 7.14. The number of aryl methyl sites for hydroxylation is 2. The normalized spacial score (nSPS) is 12.3. The molecule has 0 unspecified atom stereocenters. The average molecular weight is 336 g/mol. The van der Waals surface area contributed by atoms with E-state index in [2.05, 4.69) is 16.9 Å². The van der Waals surface area contributed by atoms with Gasteiger partial charge in [0.15, 0.2) is 5.78 Å². The van der Waals surface area contributed by atoms with Gasteiger partial charge in [0.05, 0.1) is 10.8 Å². The van der Waals surface area contributed by atoms with Crippen molar-refractivity contribution >= 4 is 28.4 Å². The van der Waals surface area contributed by atoms with Crippen molar-refractivity contribution in [2.45, 2.75) is 37.5 Å². The summed E-state index contributed by atoms with van der Waals surface area (Å²) in [5.41, 5.74) is 2.91. The maximum Gasteiger partial charge on any atom is 0.175 e. The van der Waals surface area contributed by atoms with Gasteiger partial charge in [-0.25, -0.2) is 9.97 Å². The van der Waals surface area contributed by atoms with E-state index in [-0.39, 0.29) is 11.0 Å². The lowest BCUT2D eigenvalue weighted by molar-refractivity contribution is 0.0994. The third-order valence-electron chi connectivity index (χ3n) is 3.98. The van der Waals surface area contributed by atoms with Gasteiger partial charge in [0.25, 0.3) is 0 Å². The van der Waals surface area contributed by atoms with Crippen LogP contribution in [0.2, 0.25) is 0 Å². The van der Waals surface area contributed by atoms with Crippen LogP contribution in [0.15, 0.2) is 53.6 Å². The zero-order chi connectivity index (χ0) is 17.1. The Bertz CT molecular complexity index is 874. The first-order valence-electron chi connectivity index (χ1n) is 8.11. The Hall–Kier alpha value is -2.20. The highest BCUT2D eigenvalue weighted by molar-refractivity contribution is 8.00. The molecule has 0 aliphatic carbocycles. The molecule has 24 heavy (non-hydrogen) atoms. The quantitative estimate of drug-likeness (QED) is 0.379. The Morgan fingerprint density at radius 1 is 1.08 bits per heavy atom. The lowest BCUT2D eigenvalue weighted by Gasteiger charge is -2.12. The highest BCUT2D eigenvalue weighted by Crippen LogP contribution is 2.30. The van der Waals surface area contributed by atoms with Gasteiger partial charge in [0.2, 0.25) is 0 Å². The minimum Gasteiger partial charge on any atom is -0.293 e. The number of carbonyl (C=O) groups excluding carboxylic acids is 1. The van der Waals surface area contributed by atoms with Gasteiger partial charge in [-0.3, -0.25) is 4.79 Å². The molecular weight excluding hydrogens is 316 g/mol. The summed E-state index contributed by atoms with van der Waals surface area (Å²) in [5, 5.41) is 1.66. The monoisotopic (exact) mass is 336 g/mol. The zero-order valence-corrected chi connectivity index (χ0v) is 14.9. The molecule has 0 bridgehead atoms. The maximum absolute atomic E-state index is 12.7. The van der Waals surface area contributed by atoms with Crippen LogP contribution in [0.1, 0.15) is 35.6 Å². The van der Waals surface area contributed by atoms with Gasteiger partial charge in [0, 0.05) is 10.9 Å². The summed E-state index contributed by atoms with van der Waals surface area (Å²) in [4.78, 5) is 21.7. The van der Waals surface area contributed by atoms with Gasteiger partial charge < -0.3 is 0 Å². The lowest BCUT2D eigenvalue weighted by Crippen LogP contribution is -2.14. The minimum atomic E-state index is -0.199. The van der Waals surface area contributed by atoms with E-state index in [0.29, 0.717) is 0 Å². The van der Waals surface area contributed by atoms with Gasteiger partial charge in [0.1, 0.15) is 10.9 Å². The molecule has 2 aromatic carbocycles. The summed E-state index contributed by atoms with van der Waals surface area (Å²) in [5.74, 6) is 0.853. The van der Waals surface area contributed by atoms with Gasteiger partial charge in [-0.2, -0.15) is 0 Å². The SMILES string of the molecule is CCc1ccc(C(=O)[C@@H](C)Sc2nc(C)nc3ccccc23)cc1. The number of carbonyl (C=O) groups is 1. The zero-order valence-electron chi connectivity index (χ0n) is 14.1. The molecule has 122 valence electrons. The van der Waals surface area contributed by atoms with Crippen LogP contribution in [0.5, 0.6) is 0 Å². The Balaban J connectivity index is 1.86. The molecule has 1 heterocycles. The summed E-state index contributed by atoms with van der Waals surface area (Å²) >= 11 is 1.50. The average Bonchev–Trinajstić information content (AvgIpc) is 2.61. The van der Waals surface area contributed by atoms with Gasteiger partial charge in [-0.05, 0) is 31.9 Å². The molecule has 0 aliphatic rings. The molecular formula is C20H20N2OS. The molecule has 3 rings (SSSR count). The topological polar surface area (TPSA) is 42.9 Å². The first-order valence-corrected chi connectivity index (χ1v) is 8.99. The van der Waals surface area contributed by atoms with Crippen molar-refractivity contribution in [1.82, 2.24) is 9.97 Å². The first-order chi connectivity index (χ1) is 11.6. The number of fused-ring (bicyclic) bond motifs is 1. The number of aromatic nitrogens is 2. The van der Waals surface area contributed by atoms with Crippen LogP contribution >= 0.6 is 11.8 Å². The van der Waals surface area contributed by atoms with Gasteiger partial charge in [-0.1, -0.05) is 61.2 Å². The summed E-state index contributed by atoms with van der Waals surface area (Å²) in [6.45, 7) is 5.93. The molecule has 3 aromatic rings. The number of hydrogen-bond acceptors (Lipinski definition) is 4. The van der Waals surface area contributed by atoms with E-state index in [4.69, 9.17) is 0 Å². The highest BCUT2D eigenvalue weighted by atomic mass is 32.2. The predicted molar refractivity (Wildman–Crippen MR) is 99.7 cm³/mol. The Labute approximate surface area is 146 Å². The predicted octanol–water partition coefficient (Wildman–Crippen LogP) is 4.86. The first kappa shape index (κ1) is 16.7. The fraction of sp³-hybridized carbons (Fsp3) is 0.250. The smallest absolute Gasteiger partial charge is 0.175 e. The second-order valence-corrected chi connectivity index (χ2v) is 7.10. The van der Waals surface area contributed by atoms with Crippen molar-refractivity contribution in [1.29, 1.82) is 0 Å². The number of nitrogens with zero attached hydrogens (tertiary/aromatic N) is 2. The van der Waals surface area contributed by atoms with Crippen molar-refractivity contribution in [3.8, 4) is 0 Å². The molecule has 0 N–H and O–H groups in total. The molecule has 0 fully saturated rings. The van der Waals surface area contributed by atoms with Crippen LogP contribution in [-0.4, -0.2) is 21.0 Å². The number of Topliss-reactive ketones (excluding diaryl/α,β-unsaturated/α-hetero) is 1. The van der Waals surface area contributed by atoms with E-state index >= 15 is 0 Å². The largest absolute Gasteiger partial charge is 0.293 e. The fourth-order valence-electron chi connectivity index (χ4n) is 2.61. The van der Waals surface area contributed by atoms with Crippen LogP contribution < -0.4 is 0 Å². The third kappa shape index (κ3) is 3.49. The van der Waals surface area contributed by atoms with Crippen molar-refractivity contribution in [3.63, 3.8) is 0 Å². The number of rotatable bonds is 5. The number of hydrogen-bond donors (Lipinski definition) is 0. The van der Waals surface area contributed by atoms with Crippen LogP contribution in [0.25, 0.3) is 10.9 Å². The summed E-state index contributed by atoms with van der Waals surface area (Å²) in [6.07, 6.45) is 0.977. The lowest BCUT2D eigenvalue weighted by atomic mass is 10.1. The van der Waals surface area contributed by atoms with E-state index in [0.717, 1.165) is 33.7 Å². The van der Waals surface area contributed by atoms with Crippen molar-refractivity contribution in [3.05, 3.63) is 65.5 Å². The van der Waals surface area contributed by atoms with Crippen LogP contribution in [0.4, 0.5) is 0 Å². The van der Waals surface area contributed by atoms with Crippen molar-refractivity contribution in [2.75, 3.05) is 0 Å². The van der Waals surface area contributed by atoms with Crippen molar-refractivity contribution < 1.29 is 4.79 Å². The van der Waals surface area contributed by atoms with E-state index in [1.54, 1.807) is 0 Å². The fourth-order valence-corrected chi connectivity index (χ4v) is 3.67. The summed E-state index contributed by atoms with van der Waals surface area (Å²) in [7, 11) is 0. The number of para-hydroxylation sites is 1. The molecule has 0 radical (unpaired) electrons. The van der Waals surface area contributed by atoms with E-state index < -0.39 is 0 Å². The Morgan fingerprint density at radius 2 is 1.79 bits per heavy atom. The molecule has 0 saturated heterocycles. The minimum absolute atomic E-state index is 0.128. The molecule has 3 nitrogen and oxygen atoms in total. The summed E-state index contributed by atoms with van der Waals surface area (Å²) < 4.78 is 0. The van der Waals surface area contributed by atoms with Crippen LogP contribution in [-0.2, 0) is 6.42 Å². The standard InChI is InChI=1S/C20H20N2OS/c1-4-15-9-11-16(12-10-15)19(23)13(2)24-20-17-7-5-6-8-18(17)21-14(3)22-20/h5-13H,4H2,1-3H3/t13-/m1/s1. The molecule has 0 amide bonds. The molecule has 1 aromatic heterocycles. The number of thioether (sulfide) groups is 1. The van der Waals surface area contributed by atoms with E-state index in [9.17, 15) is 4.79 Å². The molecule has 0 spiro atoms. The molecule has 4 heteroatoms. The van der Waals surface area contributed by atoms with Crippen LogP contribution in [0, 0.1) is 6.92 Å². The number of ketones is 1. The van der Waals surface area contributed by atoms with E-state index in [1.165, 1.54) is 17.3 Å². The molecule has 0 saturated carbocycles. The maximum atomic E-state index is 12.7. The Morgan fingerprint density at radius 3 is 2.50 bits per heavy atom. The molecule has 0 aliphatic heterocycles. The van der Waals surface area contributed by atoms with Crippen LogP contribution in [0.3, 0.4) is 0 Å². The molecule has 1 atom stereocenters. The second-order valence-electron chi connectivity index (χ2n) is 5.77. The number of benzene rings is 2. The highest BCUT2D eigenvalue weighted by Gasteiger charge is 2.19. The summed E-state index contributed by atoms with van der Waals surface area (Å²) in [6, 6.07) is 15.8. The van der Waals surface area contributed by atoms with Crippen molar-refractivity contribution in [2.24, 2.45) is 0 Å². The van der Waals surface area contributed by atoms with Gasteiger partial charge in [-0.15, -0.1) is 0 Å². The third-order valence-corrected chi connectivity index (χ3v) is 5.09. The Kier molecular flexibility index (Phi) is 4.95. The van der Waals surface area contributed by atoms with Gasteiger partial charge >= 0.3 is 0 Å².